The van der Waals surface area contributed by atoms with Crippen LogP contribution in [0.2, 0.25) is 0 Å². The van der Waals surface area contributed by atoms with E-state index in [0.29, 0.717) is 5.56 Å². The number of benzene rings is 1. The minimum Gasteiger partial charge on any atom is -0.214 e. The summed E-state index contributed by atoms with van der Waals surface area (Å²) in [4.78, 5) is 8.72. The van der Waals surface area contributed by atoms with Gasteiger partial charge in [0.15, 0.2) is 0 Å². The first-order valence-corrected chi connectivity index (χ1v) is 6.48. The van der Waals surface area contributed by atoms with Gasteiger partial charge in [-0.2, -0.15) is 9.94 Å². The maximum Gasteiger partial charge on any atom is 0.346 e. The molecule has 0 unspecified atom stereocenters. The van der Waals surface area contributed by atoms with Crippen LogP contribution >= 0.6 is 0 Å². The van der Waals surface area contributed by atoms with Crippen LogP contribution in [0.1, 0.15) is 5.56 Å². The standard InChI is InChI=1S/C15H11N6/c1-19-14-15(18-7-6-17-14)20-9-13(10-21(19)20)12-4-2-11(8-16)3-5-12/h2-7,9-10H,1H3/q+1. The van der Waals surface area contributed by atoms with Crippen molar-refractivity contribution in [3.8, 4) is 17.2 Å². The maximum absolute atomic E-state index is 8.86. The lowest BCUT2D eigenvalue weighted by atomic mass is 10.1. The number of aryl methyl sites for hydroxylation is 1. The predicted octanol–water partition coefficient (Wildman–Crippen LogP) is 1.35. The van der Waals surface area contributed by atoms with Crippen LogP contribution in [-0.2, 0) is 7.05 Å². The summed E-state index contributed by atoms with van der Waals surface area (Å²) in [5.74, 6) is 0. The van der Waals surface area contributed by atoms with Gasteiger partial charge in [-0.1, -0.05) is 16.8 Å². The molecule has 0 fully saturated rings. The van der Waals surface area contributed by atoms with Gasteiger partial charge in [-0.3, -0.25) is 0 Å². The molecule has 0 radical (unpaired) electrons. The van der Waals surface area contributed by atoms with Gasteiger partial charge in [0.05, 0.1) is 31.1 Å². The lowest BCUT2D eigenvalue weighted by Crippen LogP contribution is -2.26. The summed E-state index contributed by atoms with van der Waals surface area (Å²) in [6, 6.07) is 9.66. The van der Waals surface area contributed by atoms with Crippen molar-refractivity contribution in [2.24, 2.45) is 7.05 Å². The fourth-order valence-corrected chi connectivity index (χ4v) is 2.50. The number of nitriles is 1. The van der Waals surface area contributed by atoms with Crippen molar-refractivity contribution in [1.29, 1.82) is 5.26 Å². The third-order valence-electron chi connectivity index (χ3n) is 3.58. The van der Waals surface area contributed by atoms with Gasteiger partial charge < -0.3 is 0 Å². The van der Waals surface area contributed by atoms with Gasteiger partial charge in [-0.15, -0.1) is 9.50 Å². The van der Waals surface area contributed by atoms with Crippen LogP contribution in [0, 0.1) is 11.3 Å². The molecule has 0 aliphatic carbocycles. The van der Waals surface area contributed by atoms with Gasteiger partial charge in [0, 0.05) is 5.56 Å². The molecule has 1 aromatic carbocycles. The molecule has 4 aromatic rings. The Balaban J connectivity index is 1.95. The zero-order chi connectivity index (χ0) is 14.4. The number of nitrogens with zero attached hydrogens (tertiary/aromatic N) is 6. The van der Waals surface area contributed by atoms with Crippen molar-refractivity contribution in [2.45, 2.75) is 0 Å². The van der Waals surface area contributed by atoms with E-state index in [1.54, 1.807) is 12.4 Å². The third-order valence-corrected chi connectivity index (χ3v) is 3.58. The fraction of sp³-hybridized carbons (Fsp3) is 0.0667. The minimum absolute atomic E-state index is 0.659. The highest BCUT2D eigenvalue weighted by atomic mass is 15.6. The van der Waals surface area contributed by atoms with E-state index in [-0.39, 0.29) is 0 Å². The molecule has 4 rings (SSSR count). The van der Waals surface area contributed by atoms with Crippen LogP contribution in [0.25, 0.3) is 22.4 Å². The molecule has 0 saturated carbocycles. The maximum atomic E-state index is 8.86. The molecule has 0 aliphatic heterocycles. The van der Waals surface area contributed by atoms with E-state index in [2.05, 4.69) is 16.0 Å². The highest BCUT2D eigenvalue weighted by molar-refractivity contribution is 5.64. The summed E-state index contributed by atoms with van der Waals surface area (Å²) in [5.41, 5.74) is 4.40. The van der Waals surface area contributed by atoms with Crippen molar-refractivity contribution in [1.82, 2.24) is 19.3 Å². The van der Waals surface area contributed by atoms with Crippen molar-refractivity contribution >= 4 is 11.3 Å². The SMILES string of the molecule is Cn1c2nccnc2[n+]2cc(-c3ccc(C#N)cc3)cn12. The molecule has 0 N–H and O–H groups in total. The Labute approximate surface area is 120 Å². The van der Waals surface area contributed by atoms with E-state index in [1.807, 2.05) is 57.5 Å². The van der Waals surface area contributed by atoms with E-state index in [1.165, 1.54) is 0 Å². The number of hydrogen-bond donors (Lipinski definition) is 0. The second kappa shape index (κ2) is 4.15. The molecular weight excluding hydrogens is 264 g/mol. The Morgan fingerprint density at radius 2 is 1.86 bits per heavy atom. The molecule has 21 heavy (non-hydrogen) atoms. The molecule has 0 saturated heterocycles. The van der Waals surface area contributed by atoms with E-state index in [9.17, 15) is 0 Å². The summed E-state index contributed by atoms with van der Waals surface area (Å²) in [5, 5.41) is 8.86. The summed E-state index contributed by atoms with van der Waals surface area (Å²) in [6.07, 6.45) is 7.40. The van der Waals surface area contributed by atoms with E-state index >= 15 is 0 Å². The second-order valence-electron chi connectivity index (χ2n) is 4.79. The average Bonchev–Trinajstić information content (AvgIpc) is 3.08. The van der Waals surface area contributed by atoms with Crippen LogP contribution < -0.4 is 4.52 Å². The normalized spacial score (nSPS) is 11.0. The monoisotopic (exact) mass is 275 g/mol. The average molecular weight is 275 g/mol. The van der Waals surface area contributed by atoms with Gasteiger partial charge in [-0.05, 0) is 17.7 Å². The van der Waals surface area contributed by atoms with Crippen LogP contribution in [0.3, 0.4) is 0 Å². The molecule has 0 aliphatic rings. The molecule has 100 valence electrons. The topological polar surface area (TPSA) is 63.0 Å². The Kier molecular flexibility index (Phi) is 2.29. The van der Waals surface area contributed by atoms with E-state index in [0.717, 1.165) is 22.4 Å². The van der Waals surface area contributed by atoms with Crippen LogP contribution in [0.15, 0.2) is 49.1 Å². The first-order chi connectivity index (χ1) is 10.3. The van der Waals surface area contributed by atoms with Crippen molar-refractivity contribution < 1.29 is 4.52 Å². The Morgan fingerprint density at radius 1 is 1.10 bits per heavy atom. The summed E-state index contributed by atoms with van der Waals surface area (Å²) in [6.45, 7) is 0. The number of aromatic nitrogens is 5. The van der Waals surface area contributed by atoms with Crippen LogP contribution in [0.5, 0.6) is 0 Å². The Hall–Kier alpha value is -3.20. The molecule has 0 amide bonds. The highest BCUT2D eigenvalue weighted by Crippen LogP contribution is 2.19. The first-order valence-electron chi connectivity index (χ1n) is 6.48. The van der Waals surface area contributed by atoms with Gasteiger partial charge in [0.1, 0.15) is 12.4 Å². The molecule has 0 bridgehead atoms. The van der Waals surface area contributed by atoms with Gasteiger partial charge in [-0.25, -0.2) is 4.98 Å². The zero-order valence-corrected chi connectivity index (χ0v) is 11.3. The first kappa shape index (κ1) is 11.6. The van der Waals surface area contributed by atoms with Crippen molar-refractivity contribution in [3.63, 3.8) is 0 Å². The zero-order valence-electron chi connectivity index (χ0n) is 11.3. The fourth-order valence-electron chi connectivity index (χ4n) is 2.50. The van der Waals surface area contributed by atoms with Crippen LogP contribution in [0.4, 0.5) is 0 Å². The summed E-state index contributed by atoms with van der Waals surface area (Å²) >= 11 is 0. The molecule has 6 nitrogen and oxygen atoms in total. The van der Waals surface area contributed by atoms with Crippen LogP contribution in [-0.4, -0.2) is 19.3 Å². The molecule has 3 heterocycles. The van der Waals surface area contributed by atoms with Crippen molar-refractivity contribution in [2.75, 3.05) is 0 Å². The lowest BCUT2D eigenvalue weighted by Gasteiger charge is -1.95. The third kappa shape index (κ3) is 1.61. The lowest BCUT2D eigenvalue weighted by molar-refractivity contribution is -0.597. The second-order valence-corrected chi connectivity index (χ2v) is 4.79. The van der Waals surface area contributed by atoms with Crippen molar-refractivity contribution in [3.05, 3.63) is 54.6 Å². The van der Waals surface area contributed by atoms with Gasteiger partial charge >= 0.3 is 5.65 Å². The highest BCUT2D eigenvalue weighted by Gasteiger charge is 2.18. The molecular formula is C15H11N6+. The van der Waals surface area contributed by atoms with E-state index in [4.69, 9.17) is 5.26 Å². The molecule has 0 atom stereocenters. The smallest absolute Gasteiger partial charge is 0.214 e. The predicted molar refractivity (Wildman–Crippen MR) is 75.3 cm³/mol. The summed E-state index contributed by atoms with van der Waals surface area (Å²) in [7, 11) is 1.94. The minimum atomic E-state index is 0.659. The largest absolute Gasteiger partial charge is 0.346 e. The number of fused-ring (bicyclic) bond motifs is 3. The Morgan fingerprint density at radius 3 is 2.62 bits per heavy atom. The number of hydrogen-bond acceptors (Lipinski definition) is 3. The molecule has 0 spiro atoms. The Bertz CT molecular complexity index is 1000. The summed E-state index contributed by atoms with van der Waals surface area (Å²) < 4.78 is 5.85. The number of rotatable bonds is 1. The van der Waals surface area contributed by atoms with Gasteiger partial charge in [0.25, 0.3) is 5.65 Å². The van der Waals surface area contributed by atoms with Gasteiger partial charge in [0.2, 0.25) is 0 Å². The van der Waals surface area contributed by atoms with E-state index < -0.39 is 0 Å². The molecule has 3 aromatic heterocycles. The quantitative estimate of drug-likeness (QED) is 0.492. The molecule has 6 heteroatoms.